The molecule has 0 radical (unpaired) electrons. The van der Waals surface area contributed by atoms with Gasteiger partial charge in [0, 0.05) is 11.1 Å². The van der Waals surface area contributed by atoms with E-state index in [-0.39, 0.29) is 11.7 Å². The maximum absolute atomic E-state index is 13.5. The standard InChI is InChI=1S/C26H25N3O4/c1-4-32-18-9-7-17(8-10-18)25-22-23(21-16(3)12-15(2)13-20(21)30)27-28-24(22)26(31)29(25)14-19-6-5-11-33-19/h5-13,25,30H,4,14H2,1-3H3,(H,27,28). The van der Waals surface area contributed by atoms with Crippen LogP contribution in [0.1, 0.15) is 51.5 Å². The predicted molar refractivity (Wildman–Crippen MR) is 123 cm³/mol. The summed E-state index contributed by atoms with van der Waals surface area (Å²) < 4.78 is 11.1. The number of carbonyl (C=O) groups excluding carboxylic acids is 1. The number of aromatic hydroxyl groups is 1. The van der Waals surface area contributed by atoms with Crippen molar-refractivity contribution in [3.63, 3.8) is 0 Å². The molecule has 7 heteroatoms. The summed E-state index contributed by atoms with van der Waals surface area (Å²) in [5.74, 6) is 1.43. The highest BCUT2D eigenvalue weighted by Gasteiger charge is 2.43. The van der Waals surface area contributed by atoms with Crippen molar-refractivity contribution in [1.29, 1.82) is 0 Å². The predicted octanol–water partition coefficient (Wildman–Crippen LogP) is 5.14. The van der Waals surface area contributed by atoms with Crippen molar-refractivity contribution in [3.8, 4) is 22.8 Å². The Bertz CT molecular complexity index is 1280. The second-order valence-corrected chi connectivity index (χ2v) is 8.25. The molecule has 3 heterocycles. The summed E-state index contributed by atoms with van der Waals surface area (Å²) in [7, 11) is 0. The van der Waals surface area contributed by atoms with Crippen LogP contribution in [0.5, 0.6) is 11.5 Å². The Morgan fingerprint density at radius 1 is 1.18 bits per heavy atom. The first-order valence-electron chi connectivity index (χ1n) is 10.9. The number of aromatic amines is 1. The molecule has 1 amide bonds. The first-order valence-corrected chi connectivity index (χ1v) is 10.9. The lowest BCUT2D eigenvalue weighted by Crippen LogP contribution is -2.29. The minimum atomic E-state index is -0.401. The van der Waals surface area contributed by atoms with Gasteiger partial charge in [-0.15, -0.1) is 0 Å². The largest absolute Gasteiger partial charge is 0.507 e. The van der Waals surface area contributed by atoms with Crippen molar-refractivity contribution >= 4 is 5.91 Å². The van der Waals surface area contributed by atoms with E-state index < -0.39 is 6.04 Å². The topological polar surface area (TPSA) is 91.6 Å². The van der Waals surface area contributed by atoms with Gasteiger partial charge in [-0.25, -0.2) is 0 Å². The number of ether oxygens (including phenoxy) is 1. The molecule has 0 bridgehead atoms. The second-order valence-electron chi connectivity index (χ2n) is 8.25. The first-order chi connectivity index (χ1) is 16.0. The maximum atomic E-state index is 13.5. The molecule has 0 fully saturated rings. The third kappa shape index (κ3) is 3.55. The molecule has 2 N–H and O–H groups in total. The summed E-state index contributed by atoms with van der Waals surface area (Å²) in [5.41, 5.74) is 5.15. The van der Waals surface area contributed by atoms with Crippen molar-refractivity contribution in [2.45, 2.75) is 33.4 Å². The molecular weight excluding hydrogens is 418 g/mol. The van der Waals surface area contributed by atoms with Crippen LogP contribution in [0.25, 0.3) is 11.3 Å². The van der Waals surface area contributed by atoms with Crippen molar-refractivity contribution in [2.75, 3.05) is 6.61 Å². The van der Waals surface area contributed by atoms with Gasteiger partial charge in [0.2, 0.25) is 0 Å². The van der Waals surface area contributed by atoms with E-state index >= 15 is 0 Å². The summed E-state index contributed by atoms with van der Waals surface area (Å²) >= 11 is 0. The van der Waals surface area contributed by atoms with E-state index in [2.05, 4.69) is 10.2 Å². The Balaban J connectivity index is 1.66. The number of phenols is 1. The molecule has 4 aromatic rings. The lowest BCUT2D eigenvalue weighted by atomic mass is 9.93. The van der Waals surface area contributed by atoms with Gasteiger partial charge in [0.1, 0.15) is 28.6 Å². The molecule has 1 unspecified atom stereocenters. The minimum absolute atomic E-state index is 0.143. The van der Waals surface area contributed by atoms with Gasteiger partial charge in [-0.05, 0) is 67.8 Å². The molecule has 7 nitrogen and oxygen atoms in total. The molecule has 33 heavy (non-hydrogen) atoms. The number of hydrogen-bond donors (Lipinski definition) is 2. The van der Waals surface area contributed by atoms with E-state index in [0.29, 0.717) is 35.9 Å². The van der Waals surface area contributed by atoms with Crippen LogP contribution >= 0.6 is 0 Å². The summed E-state index contributed by atoms with van der Waals surface area (Å²) in [6.45, 7) is 6.70. The van der Waals surface area contributed by atoms with Gasteiger partial charge >= 0.3 is 0 Å². The van der Waals surface area contributed by atoms with Crippen LogP contribution in [0.3, 0.4) is 0 Å². The van der Waals surface area contributed by atoms with Gasteiger partial charge < -0.3 is 19.2 Å². The second kappa shape index (κ2) is 8.16. The van der Waals surface area contributed by atoms with Crippen molar-refractivity contribution in [3.05, 3.63) is 88.5 Å². The van der Waals surface area contributed by atoms with Gasteiger partial charge in [0.15, 0.2) is 0 Å². The number of rotatable bonds is 6. The number of furan rings is 1. The molecule has 5 rings (SSSR count). The molecule has 1 atom stereocenters. The number of hydrogen-bond acceptors (Lipinski definition) is 5. The van der Waals surface area contributed by atoms with E-state index in [1.54, 1.807) is 17.2 Å². The average Bonchev–Trinajstić information content (AvgIpc) is 3.49. The Morgan fingerprint density at radius 3 is 2.64 bits per heavy atom. The van der Waals surface area contributed by atoms with Crippen LogP contribution in [0.15, 0.2) is 59.2 Å². The number of H-pyrrole nitrogens is 1. The number of amides is 1. The summed E-state index contributed by atoms with van der Waals surface area (Å²) in [6.07, 6.45) is 1.60. The van der Waals surface area contributed by atoms with Crippen molar-refractivity contribution in [1.82, 2.24) is 15.1 Å². The fraction of sp³-hybridized carbons (Fsp3) is 0.231. The lowest BCUT2D eigenvalue weighted by Gasteiger charge is -2.26. The Hall–Kier alpha value is -4.00. The van der Waals surface area contributed by atoms with Crippen LogP contribution in [0, 0.1) is 13.8 Å². The zero-order valence-corrected chi connectivity index (χ0v) is 18.8. The highest BCUT2D eigenvalue weighted by Crippen LogP contribution is 2.46. The quantitative estimate of drug-likeness (QED) is 0.431. The zero-order chi connectivity index (χ0) is 23.1. The van der Waals surface area contributed by atoms with E-state index in [4.69, 9.17) is 9.15 Å². The van der Waals surface area contributed by atoms with E-state index in [9.17, 15) is 9.90 Å². The summed E-state index contributed by atoms with van der Waals surface area (Å²) in [5, 5.41) is 18.2. The maximum Gasteiger partial charge on any atom is 0.273 e. The number of aromatic nitrogens is 2. The molecule has 168 valence electrons. The van der Waals surface area contributed by atoms with Gasteiger partial charge in [-0.3, -0.25) is 9.89 Å². The Kier molecular flexibility index (Phi) is 5.17. The minimum Gasteiger partial charge on any atom is -0.507 e. The molecule has 0 aliphatic carbocycles. The molecule has 1 aliphatic rings. The van der Waals surface area contributed by atoms with Crippen LogP contribution in [0.2, 0.25) is 0 Å². The van der Waals surface area contributed by atoms with Gasteiger partial charge in [-0.1, -0.05) is 18.2 Å². The SMILES string of the molecule is CCOc1ccc(C2c3c(-c4c(C)cc(C)cc4O)n[nH]c3C(=O)N2Cc2ccco2)cc1. The molecule has 1 aliphatic heterocycles. The third-order valence-corrected chi connectivity index (χ3v) is 5.97. The smallest absolute Gasteiger partial charge is 0.273 e. The van der Waals surface area contributed by atoms with Crippen LogP contribution in [-0.4, -0.2) is 32.7 Å². The normalized spacial score (nSPS) is 15.2. The number of benzene rings is 2. The lowest BCUT2D eigenvalue weighted by molar-refractivity contribution is 0.0717. The van der Waals surface area contributed by atoms with Crippen molar-refractivity contribution < 1.29 is 19.1 Å². The van der Waals surface area contributed by atoms with E-state index in [1.807, 2.05) is 63.2 Å². The van der Waals surface area contributed by atoms with Crippen molar-refractivity contribution in [2.24, 2.45) is 0 Å². The van der Waals surface area contributed by atoms with E-state index in [0.717, 1.165) is 28.0 Å². The highest BCUT2D eigenvalue weighted by molar-refractivity contribution is 6.00. The van der Waals surface area contributed by atoms with Gasteiger partial charge in [0.05, 0.1) is 25.5 Å². The molecule has 0 spiro atoms. The molecule has 0 saturated heterocycles. The van der Waals surface area contributed by atoms with Gasteiger partial charge in [0.25, 0.3) is 5.91 Å². The van der Waals surface area contributed by atoms with Crippen LogP contribution in [-0.2, 0) is 6.54 Å². The first kappa shape index (κ1) is 20.9. The monoisotopic (exact) mass is 443 g/mol. The average molecular weight is 444 g/mol. The zero-order valence-electron chi connectivity index (χ0n) is 18.8. The number of phenolic OH excluding ortho intramolecular Hbond substituents is 1. The van der Waals surface area contributed by atoms with Crippen LogP contribution < -0.4 is 4.74 Å². The van der Waals surface area contributed by atoms with E-state index in [1.165, 1.54) is 0 Å². The third-order valence-electron chi connectivity index (χ3n) is 5.97. The molecule has 0 saturated carbocycles. The molecule has 2 aromatic heterocycles. The Morgan fingerprint density at radius 2 is 1.97 bits per heavy atom. The number of carbonyl (C=O) groups is 1. The summed E-state index contributed by atoms with van der Waals surface area (Å²) in [4.78, 5) is 15.2. The number of aryl methyl sites for hydroxylation is 2. The fourth-order valence-electron chi connectivity index (χ4n) is 4.63. The Labute approximate surface area is 191 Å². The van der Waals surface area contributed by atoms with Gasteiger partial charge in [-0.2, -0.15) is 5.10 Å². The number of fused-ring (bicyclic) bond motifs is 1. The number of nitrogens with zero attached hydrogens (tertiary/aromatic N) is 2. The highest BCUT2D eigenvalue weighted by atomic mass is 16.5. The summed E-state index contributed by atoms with van der Waals surface area (Å²) in [6, 6.07) is 14.7. The van der Waals surface area contributed by atoms with Crippen LogP contribution in [0.4, 0.5) is 0 Å². The molecular formula is C26H25N3O4. The molecule has 2 aromatic carbocycles. The fourth-order valence-corrected chi connectivity index (χ4v) is 4.63. The number of nitrogens with one attached hydrogen (secondary N) is 1.